The Labute approximate surface area is 85.1 Å². The Bertz CT molecular complexity index is 559. The summed E-state index contributed by atoms with van der Waals surface area (Å²) in [7, 11) is 0. The second-order valence-electron chi connectivity index (χ2n) is 3.44. The minimum Gasteiger partial charge on any atom is -0.383 e. The molecule has 76 valence electrons. The van der Waals surface area contributed by atoms with E-state index in [0.717, 1.165) is 24.3 Å². The molecule has 6 heteroatoms. The fourth-order valence-corrected chi connectivity index (χ4v) is 1.82. The summed E-state index contributed by atoms with van der Waals surface area (Å²) in [6.45, 7) is 0.889. The smallest absolute Gasteiger partial charge is 0.288 e. The van der Waals surface area contributed by atoms with Gasteiger partial charge in [-0.15, -0.1) is 5.10 Å². The normalized spacial score (nSPS) is 13.9. The van der Waals surface area contributed by atoms with Crippen molar-refractivity contribution >= 4 is 17.2 Å². The number of hydrogen-bond donors (Lipinski definition) is 2. The summed E-state index contributed by atoms with van der Waals surface area (Å²) >= 11 is 0. The number of hydrogen-bond acceptors (Lipinski definition) is 4. The maximum atomic E-state index is 10.9. The molecule has 0 unspecified atom stereocenters. The Kier molecular flexibility index (Phi) is 1.47. The van der Waals surface area contributed by atoms with Crippen molar-refractivity contribution in [2.75, 3.05) is 11.9 Å². The van der Waals surface area contributed by atoms with Crippen molar-refractivity contribution in [2.24, 2.45) is 5.73 Å². The summed E-state index contributed by atoms with van der Waals surface area (Å²) in [5.41, 5.74) is 7.88. The number of nitrogens with zero attached hydrogens (tertiary/aromatic N) is 3. The Morgan fingerprint density at radius 1 is 1.53 bits per heavy atom. The van der Waals surface area contributed by atoms with Gasteiger partial charge in [0.15, 0.2) is 5.65 Å². The van der Waals surface area contributed by atoms with E-state index in [9.17, 15) is 4.79 Å². The summed E-state index contributed by atoms with van der Waals surface area (Å²) in [6.07, 6.45) is 0.883. The van der Waals surface area contributed by atoms with E-state index in [1.807, 2.05) is 12.1 Å². The molecular weight excluding hydrogens is 194 g/mol. The highest BCUT2D eigenvalue weighted by atomic mass is 16.1. The van der Waals surface area contributed by atoms with Gasteiger partial charge in [0, 0.05) is 13.0 Å². The summed E-state index contributed by atoms with van der Waals surface area (Å²) in [6, 6.07) is 3.76. The van der Waals surface area contributed by atoms with Crippen LogP contribution in [0.4, 0.5) is 5.69 Å². The van der Waals surface area contributed by atoms with E-state index in [0.29, 0.717) is 5.65 Å². The highest BCUT2D eigenvalue weighted by Gasteiger charge is 2.17. The number of rotatable bonds is 1. The molecule has 0 saturated heterocycles. The van der Waals surface area contributed by atoms with Gasteiger partial charge < -0.3 is 11.1 Å². The van der Waals surface area contributed by atoms with E-state index in [1.54, 1.807) is 4.52 Å². The van der Waals surface area contributed by atoms with Crippen molar-refractivity contribution in [1.29, 1.82) is 0 Å². The standard InChI is InChI=1S/C9H9N5O/c10-8(15)9-12-7-2-1-5-6(3-4-11-5)14(7)13-9/h1-2,11H,3-4H2,(H2,10,15). The monoisotopic (exact) mass is 203 g/mol. The predicted molar refractivity (Wildman–Crippen MR) is 53.7 cm³/mol. The third-order valence-corrected chi connectivity index (χ3v) is 2.50. The van der Waals surface area contributed by atoms with Crippen LogP contribution in [0.5, 0.6) is 0 Å². The molecule has 0 aromatic carbocycles. The highest BCUT2D eigenvalue weighted by molar-refractivity contribution is 5.89. The van der Waals surface area contributed by atoms with Crippen molar-refractivity contribution in [1.82, 2.24) is 14.6 Å². The highest BCUT2D eigenvalue weighted by Crippen LogP contribution is 2.22. The molecule has 1 amide bonds. The fourth-order valence-electron chi connectivity index (χ4n) is 1.82. The van der Waals surface area contributed by atoms with E-state index < -0.39 is 5.91 Å². The van der Waals surface area contributed by atoms with Crippen LogP contribution >= 0.6 is 0 Å². The van der Waals surface area contributed by atoms with Gasteiger partial charge in [0.2, 0.25) is 5.82 Å². The van der Waals surface area contributed by atoms with Gasteiger partial charge in [0.1, 0.15) is 0 Å². The summed E-state index contributed by atoms with van der Waals surface area (Å²) in [5.74, 6) is -0.534. The third kappa shape index (κ3) is 1.08. The molecule has 0 aliphatic carbocycles. The van der Waals surface area contributed by atoms with Gasteiger partial charge >= 0.3 is 0 Å². The van der Waals surface area contributed by atoms with Crippen LogP contribution in [0.2, 0.25) is 0 Å². The lowest BCUT2D eigenvalue weighted by Crippen LogP contribution is -2.13. The van der Waals surface area contributed by atoms with E-state index in [-0.39, 0.29) is 5.82 Å². The van der Waals surface area contributed by atoms with Gasteiger partial charge in [0.05, 0.1) is 11.4 Å². The van der Waals surface area contributed by atoms with Crippen LogP contribution in [0, 0.1) is 0 Å². The molecule has 6 nitrogen and oxygen atoms in total. The number of nitrogens with one attached hydrogen (secondary N) is 1. The van der Waals surface area contributed by atoms with Crippen molar-refractivity contribution in [2.45, 2.75) is 6.42 Å². The van der Waals surface area contributed by atoms with Gasteiger partial charge in [-0.1, -0.05) is 0 Å². The van der Waals surface area contributed by atoms with E-state index in [4.69, 9.17) is 5.73 Å². The minimum absolute atomic E-state index is 0.0651. The number of carbonyl (C=O) groups is 1. The first-order valence-corrected chi connectivity index (χ1v) is 4.68. The molecule has 1 aliphatic heterocycles. The van der Waals surface area contributed by atoms with Crippen molar-refractivity contribution < 1.29 is 4.79 Å². The topological polar surface area (TPSA) is 85.3 Å². The molecule has 3 rings (SSSR count). The molecule has 0 spiro atoms. The number of carbonyl (C=O) groups excluding carboxylic acids is 1. The molecule has 2 aromatic rings. The van der Waals surface area contributed by atoms with Crippen LogP contribution in [-0.2, 0) is 6.42 Å². The van der Waals surface area contributed by atoms with E-state index >= 15 is 0 Å². The van der Waals surface area contributed by atoms with Crippen LogP contribution in [0.1, 0.15) is 16.3 Å². The molecule has 0 fully saturated rings. The number of amides is 1. The van der Waals surface area contributed by atoms with Crippen LogP contribution in [0.15, 0.2) is 12.1 Å². The Hall–Kier alpha value is -2.11. The lowest BCUT2D eigenvalue weighted by Gasteiger charge is -1.99. The van der Waals surface area contributed by atoms with Crippen molar-refractivity contribution in [3.8, 4) is 0 Å². The van der Waals surface area contributed by atoms with E-state index in [1.165, 1.54) is 0 Å². The number of aromatic nitrogens is 3. The fraction of sp³-hybridized carbons (Fsp3) is 0.222. The quantitative estimate of drug-likeness (QED) is 0.671. The van der Waals surface area contributed by atoms with Crippen molar-refractivity contribution in [3.05, 3.63) is 23.7 Å². The van der Waals surface area contributed by atoms with Gasteiger partial charge in [-0.05, 0) is 12.1 Å². The minimum atomic E-state index is -0.599. The van der Waals surface area contributed by atoms with Gasteiger partial charge in [0.25, 0.3) is 5.91 Å². The first-order valence-electron chi connectivity index (χ1n) is 4.68. The molecule has 0 radical (unpaired) electrons. The van der Waals surface area contributed by atoms with E-state index in [2.05, 4.69) is 15.4 Å². The van der Waals surface area contributed by atoms with Crippen LogP contribution in [-0.4, -0.2) is 27.0 Å². The number of nitrogens with two attached hydrogens (primary N) is 1. The maximum Gasteiger partial charge on any atom is 0.288 e. The molecule has 0 bridgehead atoms. The summed E-state index contributed by atoms with van der Waals surface area (Å²) < 4.78 is 1.68. The Morgan fingerprint density at radius 2 is 2.40 bits per heavy atom. The molecule has 3 N–H and O–H groups in total. The van der Waals surface area contributed by atoms with Crippen molar-refractivity contribution in [3.63, 3.8) is 0 Å². The van der Waals surface area contributed by atoms with Crippen LogP contribution in [0.3, 0.4) is 0 Å². The number of anilines is 1. The molecule has 2 aromatic heterocycles. The second-order valence-corrected chi connectivity index (χ2v) is 3.44. The zero-order chi connectivity index (χ0) is 10.4. The molecule has 1 aliphatic rings. The second kappa shape index (κ2) is 2.69. The maximum absolute atomic E-state index is 10.9. The lowest BCUT2D eigenvalue weighted by atomic mass is 10.3. The van der Waals surface area contributed by atoms with Crippen LogP contribution < -0.4 is 11.1 Å². The first kappa shape index (κ1) is 8.22. The lowest BCUT2D eigenvalue weighted by molar-refractivity contribution is 0.0990. The molecule has 15 heavy (non-hydrogen) atoms. The molecule has 0 atom stereocenters. The van der Waals surface area contributed by atoms with Gasteiger partial charge in [-0.3, -0.25) is 4.79 Å². The summed E-state index contributed by atoms with van der Waals surface area (Å²) in [5, 5.41) is 7.30. The average molecular weight is 203 g/mol. The largest absolute Gasteiger partial charge is 0.383 e. The number of primary amides is 1. The average Bonchev–Trinajstić information content (AvgIpc) is 2.82. The zero-order valence-electron chi connectivity index (χ0n) is 7.90. The molecular formula is C9H9N5O. The predicted octanol–water partition coefficient (Wildman–Crippen LogP) is -0.204. The van der Waals surface area contributed by atoms with Gasteiger partial charge in [-0.25, -0.2) is 9.50 Å². The zero-order valence-corrected chi connectivity index (χ0v) is 7.90. The number of fused-ring (bicyclic) bond motifs is 3. The SMILES string of the molecule is NC(=O)c1nc2ccc3c(n2n1)CCN3. The third-order valence-electron chi connectivity index (χ3n) is 2.50. The summed E-state index contributed by atoms with van der Waals surface area (Å²) in [4.78, 5) is 15.0. The Balaban J connectivity index is 2.31. The molecule has 0 saturated carbocycles. The Morgan fingerprint density at radius 3 is 3.20 bits per heavy atom. The first-order chi connectivity index (χ1) is 7.25. The van der Waals surface area contributed by atoms with Crippen LogP contribution in [0.25, 0.3) is 5.65 Å². The molecule has 3 heterocycles. The van der Waals surface area contributed by atoms with Gasteiger partial charge in [-0.2, -0.15) is 0 Å². The number of pyridine rings is 1.